The zero-order valence-corrected chi connectivity index (χ0v) is 27.3. The monoisotopic (exact) mass is 639 g/mol. The first-order valence-electron chi connectivity index (χ1n) is 16.9. The van der Waals surface area contributed by atoms with Crippen molar-refractivity contribution in [1.82, 2.24) is 15.0 Å². The van der Waals surface area contributed by atoms with Crippen molar-refractivity contribution in [2.75, 3.05) is 0 Å². The molecule has 0 aliphatic rings. The van der Waals surface area contributed by atoms with Gasteiger partial charge in [0.25, 0.3) is 0 Å². The largest absolute Gasteiger partial charge is 0.455 e. The van der Waals surface area contributed by atoms with Gasteiger partial charge in [0.05, 0.1) is 0 Å². The number of aromatic nitrogens is 3. The second kappa shape index (κ2) is 11.2. The fourth-order valence-corrected chi connectivity index (χ4v) is 7.38. The van der Waals surface area contributed by atoms with Crippen LogP contribution in [0.15, 0.2) is 162 Å². The van der Waals surface area contributed by atoms with Gasteiger partial charge in [-0.3, -0.25) is 0 Å². The lowest BCUT2D eigenvalue weighted by Gasteiger charge is -2.13. The SMILES string of the molecule is Cc1cccc2oc3c(-c4ccc(-c5nc(-c6ccc7ccccc7c6)nc(-c6ccc7ccccc7c6)n5)c5ccccc45)cccc3c12. The zero-order chi connectivity index (χ0) is 33.2. The van der Waals surface area contributed by atoms with Gasteiger partial charge < -0.3 is 4.42 Å². The molecule has 0 bridgehead atoms. The highest BCUT2D eigenvalue weighted by atomic mass is 16.3. The van der Waals surface area contributed by atoms with E-state index >= 15 is 0 Å². The molecule has 0 N–H and O–H groups in total. The van der Waals surface area contributed by atoms with Crippen molar-refractivity contribution < 1.29 is 4.42 Å². The summed E-state index contributed by atoms with van der Waals surface area (Å²) in [7, 11) is 0. The lowest BCUT2D eigenvalue weighted by atomic mass is 9.93. The summed E-state index contributed by atoms with van der Waals surface area (Å²) in [5.41, 5.74) is 8.01. The minimum absolute atomic E-state index is 0.631. The van der Waals surface area contributed by atoms with Crippen LogP contribution in [0.4, 0.5) is 0 Å². The van der Waals surface area contributed by atoms with Crippen LogP contribution in [-0.2, 0) is 0 Å². The molecule has 0 spiro atoms. The zero-order valence-electron chi connectivity index (χ0n) is 27.3. The molecular formula is C46H29N3O. The number of benzene rings is 8. The van der Waals surface area contributed by atoms with Crippen molar-refractivity contribution in [2.45, 2.75) is 6.92 Å². The third kappa shape index (κ3) is 4.57. The minimum Gasteiger partial charge on any atom is -0.455 e. The Morgan fingerprint density at radius 3 is 1.62 bits per heavy atom. The van der Waals surface area contributed by atoms with E-state index in [1.807, 2.05) is 6.07 Å². The number of para-hydroxylation sites is 1. The number of nitrogens with zero attached hydrogens (tertiary/aromatic N) is 3. The second-order valence-electron chi connectivity index (χ2n) is 12.9. The first-order valence-corrected chi connectivity index (χ1v) is 16.9. The van der Waals surface area contributed by atoms with Gasteiger partial charge in [-0.15, -0.1) is 0 Å². The molecule has 2 heterocycles. The van der Waals surface area contributed by atoms with Crippen LogP contribution in [0.1, 0.15) is 5.56 Å². The van der Waals surface area contributed by atoms with E-state index in [1.165, 1.54) is 16.3 Å². The van der Waals surface area contributed by atoms with Crippen molar-refractivity contribution in [3.05, 3.63) is 163 Å². The third-order valence-corrected chi connectivity index (χ3v) is 9.84. The van der Waals surface area contributed by atoms with Crippen molar-refractivity contribution in [3.8, 4) is 45.3 Å². The molecule has 10 aromatic rings. The fraction of sp³-hybridized carbons (Fsp3) is 0.0217. The molecule has 4 nitrogen and oxygen atoms in total. The van der Waals surface area contributed by atoms with Gasteiger partial charge >= 0.3 is 0 Å². The van der Waals surface area contributed by atoms with Crippen LogP contribution in [-0.4, -0.2) is 15.0 Å². The summed E-state index contributed by atoms with van der Waals surface area (Å²) in [6, 6.07) is 55.0. The van der Waals surface area contributed by atoms with Crippen LogP contribution in [0.25, 0.3) is 99.5 Å². The molecule has 0 atom stereocenters. The summed E-state index contributed by atoms with van der Waals surface area (Å²) in [5.74, 6) is 1.91. The van der Waals surface area contributed by atoms with Crippen LogP contribution < -0.4 is 0 Å². The standard InChI is InChI=1S/C46H29N3O/c1-28-10-8-19-41-42(28)40-18-9-17-38(43(40)50-41)37-24-25-39(36-16-7-6-15-35(36)37)46-48-44(33-22-20-29-11-2-4-13-31(29)26-33)47-45(49-46)34-23-21-30-12-3-5-14-32(30)27-34/h2-27H,1H3. The van der Waals surface area contributed by atoms with E-state index in [1.54, 1.807) is 0 Å². The predicted molar refractivity (Wildman–Crippen MR) is 206 cm³/mol. The normalized spacial score (nSPS) is 11.7. The van der Waals surface area contributed by atoms with E-state index in [0.717, 1.165) is 71.3 Å². The van der Waals surface area contributed by atoms with Crippen molar-refractivity contribution in [2.24, 2.45) is 0 Å². The topological polar surface area (TPSA) is 51.8 Å². The van der Waals surface area contributed by atoms with Crippen molar-refractivity contribution in [3.63, 3.8) is 0 Å². The molecule has 0 fully saturated rings. The highest BCUT2D eigenvalue weighted by molar-refractivity contribution is 6.14. The summed E-state index contributed by atoms with van der Waals surface area (Å²) in [4.78, 5) is 15.4. The van der Waals surface area contributed by atoms with Crippen LogP contribution in [0.5, 0.6) is 0 Å². The molecule has 4 heteroatoms. The molecule has 50 heavy (non-hydrogen) atoms. The van der Waals surface area contributed by atoms with E-state index in [0.29, 0.717) is 17.5 Å². The summed E-state index contributed by atoms with van der Waals surface area (Å²) in [6.45, 7) is 2.14. The van der Waals surface area contributed by atoms with E-state index < -0.39 is 0 Å². The summed E-state index contributed by atoms with van der Waals surface area (Å²) >= 11 is 0. The Bertz CT molecular complexity index is 2860. The van der Waals surface area contributed by atoms with E-state index in [9.17, 15) is 0 Å². The van der Waals surface area contributed by atoms with Gasteiger partial charge in [0.1, 0.15) is 11.2 Å². The Balaban J connectivity index is 1.20. The average molecular weight is 640 g/mol. The molecular weight excluding hydrogens is 611 g/mol. The number of hydrogen-bond acceptors (Lipinski definition) is 4. The Labute approximate surface area is 288 Å². The molecule has 0 saturated carbocycles. The Kier molecular flexibility index (Phi) is 6.36. The summed E-state index contributed by atoms with van der Waals surface area (Å²) in [5, 5.41) is 9.10. The van der Waals surface area contributed by atoms with Gasteiger partial charge in [0.2, 0.25) is 0 Å². The van der Waals surface area contributed by atoms with Gasteiger partial charge in [-0.1, -0.05) is 133 Å². The van der Waals surface area contributed by atoms with Gasteiger partial charge in [-0.25, -0.2) is 15.0 Å². The molecule has 0 radical (unpaired) electrons. The summed E-state index contributed by atoms with van der Waals surface area (Å²) < 4.78 is 6.54. The number of fused-ring (bicyclic) bond motifs is 6. The molecule has 234 valence electrons. The molecule has 2 aromatic heterocycles. The predicted octanol–water partition coefficient (Wildman–Crippen LogP) is 12.2. The molecule has 10 rings (SSSR count). The molecule has 0 saturated heterocycles. The number of rotatable bonds is 4. The van der Waals surface area contributed by atoms with Gasteiger partial charge in [0.15, 0.2) is 17.5 Å². The van der Waals surface area contributed by atoms with E-state index in [4.69, 9.17) is 19.4 Å². The van der Waals surface area contributed by atoms with E-state index in [-0.39, 0.29) is 0 Å². The van der Waals surface area contributed by atoms with E-state index in [2.05, 4.69) is 159 Å². The third-order valence-electron chi connectivity index (χ3n) is 9.84. The fourth-order valence-electron chi connectivity index (χ4n) is 7.38. The van der Waals surface area contributed by atoms with Crippen LogP contribution in [0.2, 0.25) is 0 Å². The Morgan fingerprint density at radius 1 is 0.400 bits per heavy atom. The first-order chi connectivity index (χ1) is 24.7. The molecule has 0 amide bonds. The van der Waals surface area contributed by atoms with Gasteiger partial charge in [0, 0.05) is 33.0 Å². The highest BCUT2D eigenvalue weighted by Crippen LogP contribution is 2.41. The van der Waals surface area contributed by atoms with Crippen molar-refractivity contribution in [1.29, 1.82) is 0 Å². The number of furan rings is 1. The van der Waals surface area contributed by atoms with Crippen LogP contribution >= 0.6 is 0 Å². The lowest BCUT2D eigenvalue weighted by molar-refractivity contribution is 0.670. The van der Waals surface area contributed by atoms with Crippen molar-refractivity contribution >= 4 is 54.3 Å². The average Bonchev–Trinajstić information content (AvgIpc) is 3.57. The smallest absolute Gasteiger partial charge is 0.164 e. The maximum absolute atomic E-state index is 6.54. The van der Waals surface area contributed by atoms with Crippen LogP contribution in [0, 0.1) is 6.92 Å². The maximum Gasteiger partial charge on any atom is 0.164 e. The van der Waals surface area contributed by atoms with Gasteiger partial charge in [-0.2, -0.15) is 0 Å². The Morgan fingerprint density at radius 2 is 0.940 bits per heavy atom. The lowest BCUT2D eigenvalue weighted by Crippen LogP contribution is -2.01. The number of hydrogen-bond donors (Lipinski definition) is 0. The first kappa shape index (κ1) is 28.4. The quantitative estimate of drug-likeness (QED) is 0.192. The van der Waals surface area contributed by atoms with Gasteiger partial charge in [-0.05, 0) is 74.6 Å². The maximum atomic E-state index is 6.54. The number of aryl methyl sites for hydroxylation is 1. The van der Waals surface area contributed by atoms with Crippen LogP contribution in [0.3, 0.4) is 0 Å². The summed E-state index contributed by atoms with van der Waals surface area (Å²) in [6.07, 6.45) is 0. The second-order valence-corrected chi connectivity index (χ2v) is 12.9. The molecule has 8 aromatic carbocycles. The Hall–Kier alpha value is -6.65. The minimum atomic E-state index is 0.631. The highest BCUT2D eigenvalue weighted by Gasteiger charge is 2.19. The molecule has 0 aliphatic heterocycles. The molecule has 0 unspecified atom stereocenters. The molecule has 0 aliphatic carbocycles.